The summed E-state index contributed by atoms with van der Waals surface area (Å²) in [5.74, 6) is 0.683. The van der Waals surface area contributed by atoms with E-state index in [9.17, 15) is 8.42 Å². The minimum Gasteiger partial charge on any atom is -0.497 e. The molecular formula is C17H16ClN3O3S2. The predicted molar refractivity (Wildman–Crippen MR) is 107 cm³/mol. The summed E-state index contributed by atoms with van der Waals surface area (Å²) < 4.78 is 30.1. The van der Waals surface area contributed by atoms with Crippen LogP contribution in [0.25, 0.3) is 11.3 Å². The molecule has 0 unspecified atom stereocenters. The topological polar surface area (TPSA) is 80.3 Å². The van der Waals surface area contributed by atoms with Gasteiger partial charge in [0.15, 0.2) is 5.13 Å². The minimum atomic E-state index is -3.29. The molecule has 2 N–H and O–H groups in total. The van der Waals surface area contributed by atoms with E-state index in [-0.39, 0.29) is 0 Å². The molecule has 136 valence electrons. The van der Waals surface area contributed by atoms with Gasteiger partial charge in [0.1, 0.15) is 5.75 Å². The first-order chi connectivity index (χ1) is 12.3. The van der Waals surface area contributed by atoms with E-state index in [0.29, 0.717) is 21.6 Å². The molecule has 0 aliphatic rings. The number of methoxy groups -OCH3 is 1. The number of ether oxygens (including phenoxy) is 1. The van der Waals surface area contributed by atoms with Gasteiger partial charge in [-0.3, -0.25) is 4.72 Å². The van der Waals surface area contributed by atoms with Crippen LogP contribution in [0.2, 0.25) is 5.02 Å². The van der Waals surface area contributed by atoms with Crippen molar-refractivity contribution in [1.82, 2.24) is 4.98 Å². The maximum absolute atomic E-state index is 11.3. The second-order valence-electron chi connectivity index (χ2n) is 5.46. The molecule has 0 bridgehead atoms. The number of anilines is 3. The minimum absolute atomic E-state index is 0.509. The van der Waals surface area contributed by atoms with E-state index in [1.807, 2.05) is 29.6 Å². The molecule has 0 atom stereocenters. The molecular weight excluding hydrogens is 394 g/mol. The Hall–Kier alpha value is -2.29. The highest BCUT2D eigenvalue weighted by molar-refractivity contribution is 7.92. The van der Waals surface area contributed by atoms with Gasteiger partial charge in [0.05, 0.1) is 29.8 Å². The number of nitrogens with one attached hydrogen (secondary N) is 2. The van der Waals surface area contributed by atoms with Crippen LogP contribution in [-0.4, -0.2) is 26.8 Å². The largest absolute Gasteiger partial charge is 0.497 e. The molecule has 1 aromatic heterocycles. The van der Waals surface area contributed by atoms with Gasteiger partial charge in [0.2, 0.25) is 10.0 Å². The first-order valence-electron chi connectivity index (χ1n) is 7.48. The van der Waals surface area contributed by atoms with Crippen molar-refractivity contribution in [1.29, 1.82) is 0 Å². The van der Waals surface area contributed by atoms with Crippen LogP contribution in [0.4, 0.5) is 16.5 Å². The Kier molecular flexibility index (Phi) is 5.36. The second kappa shape index (κ2) is 7.53. The third-order valence-electron chi connectivity index (χ3n) is 3.41. The maximum Gasteiger partial charge on any atom is 0.229 e. The summed E-state index contributed by atoms with van der Waals surface area (Å²) in [4.78, 5) is 4.54. The number of hydrogen-bond acceptors (Lipinski definition) is 6. The van der Waals surface area contributed by atoms with Crippen LogP contribution in [0.3, 0.4) is 0 Å². The average Bonchev–Trinajstić information content (AvgIpc) is 3.04. The summed E-state index contributed by atoms with van der Waals surface area (Å²) >= 11 is 7.68. The van der Waals surface area contributed by atoms with Gasteiger partial charge >= 0.3 is 0 Å². The molecule has 3 aromatic rings. The zero-order chi connectivity index (χ0) is 18.7. The fourth-order valence-corrected chi connectivity index (χ4v) is 3.74. The van der Waals surface area contributed by atoms with Crippen molar-refractivity contribution >= 4 is 49.5 Å². The van der Waals surface area contributed by atoms with Gasteiger partial charge in [-0.1, -0.05) is 23.7 Å². The molecule has 0 aliphatic carbocycles. The zero-order valence-corrected chi connectivity index (χ0v) is 16.4. The van der Waals surface area contributed by atoms with Gasteiger partial charge < -0.3 is 10.1 Å². The molecule has 1 heterocycles. The SMILES string of the molecule is COc1ccc(Nc2nc(-c3ccc(NS(C)(=O)=O)cc3)cs2)c(Cl)c1. The van der Waals surface area contributed by atoms with Gasteiger partial charge in [-0.25, -0.2) is 13.4 Å². The number of benzene rings is 2. The first-order valence-corrected chi connectivity index (χ1v) is 10.6. The van der Waals surface area contributed by atoms with Crippen LogP contribution in [0.5, 0.6) is 5.75 Å². The number of sulfonamides is 1. The van der Waals surface area contributed by atoms with E-state index in [1.54, 1.807) is 25.3 Å². The van der Waals surface area contributed by atoms with Crippen molar-refractivity contribution < 1.29 is 13.2 Å². The fourth-order valence-electron chi connectivity index (χ4n) is 2.23. The number of thiazole rings is 1. The van der Waals surface area contributed by atoms with Crippen LogP contribution >= 0.6 is 22.9 Å². The Balaban J connectivity index is 1.75. The summed E-state index contributed by atoms with van der Waals surface area (Å²) in [7, 11) is -1.70. The summed E-state index contributed by atoms with van der Waals surface area (Å²) in [6, 6.07) is 12.4. The second-order valence-corrected chi connectivity index (χ2v) is 8.47. The lowest BCUT2D eigenvalue weighted by atomic mass is 10.1. The monoisotopic (exact) mass is 409 g/mol. The lowest BCUT2D eigenvalue weighted by molar-refractivity contribution is 0.415. The number of rotatable bonds is 6. The van der Waals surface area contributed by atoms with E-state index >= 15 is 0 Å². The van der Waals surface area contributed by atoms with Crippen molar-refractivity contribution in [3.63, 3.8) is 0 Å². The highest BCUT2D eigenvalue weighted by atomic mass is 35.5. The maximum atomic E-state index is 11.3. The Morgan fingerprint density at radius 3 is 2.50 bits per heavy atom. The lowest BCUT2D eigenvalue weighted by Crippen LogP contribution is -2.09. The standard InChI is InChI=1S/C17H16ClN3O3S2/c1-24-13-7-8-15(14(18)9-13)19-17-20-16(10-25-17)11-3-5-12(6-4-11)21-26(2,22)23/h3-10,21H,1-2H3,(H,19,20). The van der Waals surface area contributed by atoms with E-state index < -0.39 is 10.0 Å². The molecule has 0 saturated carbocycles. The molecule has 9 heteroatoms. The van der Waals surface area contributed by atoms with E-state index in [0.717, 1.165) is 23.2 Å². The highest BCUT2D eigenvalue weighted by Gasteiger charge is 2.08. The van der Waals surface area contributed by atoms with Crippen LogP contribution in [0.1, 0.15) is 0 Å². The molecule has 0 saturated heterocycles. The number of hydrogen-bond donors (Lipinski definition) is 2. The Labute approximate surface area is 160 Å². The quantitative estimate of drug-likeness (QED) is 0.622. The third-order valence-corrected chi connectivity index (χ3v) is 5.08. The van der Waals surface area contributed by atoms with Gasteiger partial charge in [-0.2, -0.15) is 0 Å². The molecule has 6 nitrogen and oxygen atoms in total. The van der Waals surface area contributed by atoms with E-state index in [2.05, 4.69) is 15.0 Å². The summed E-state index contributed by atoms with van der Waals surface area (Å²) in [6.07, 6.45) is 1.11. The van der Waals surface area contributed by atoms with Crippen LogP contribution in [0.15, 0.2) is 47.8 Å². The molecule has 0 spiro atoms. The van der Waals surface area contributed by atoms with Gasteiger partial charge in [0, 0.05) is 22.7 Å². The van der Waals surface area contributed by atoms with Crippen molar-refractivity contribution in [2.75, 3.05) is 23.4 Å². The summed E-state index contributed by atoms with van der Waals surface area (Å²) in [5, 5.41) is 6.34. The molecule has 2 aromatic carbocycles. The molecule has 0 radical (unpaired) electrons. The fraction of sp³-hybridized carbons (Fsp3) is 0.118. The molecule has 3 rings (SSSR count). The van der Waals surface area contributed by atoms with Gasteiger partial charge in [-0.15, -0.1) is 11.3 Å². The zero-order valence-electron chi connectivity index (χ0n) is 14.0. The third kappa shape index (κ3) is 4.66. The van der Waals surface area contributed by atoms with E-state index in [4.69, 9.17) is 16.3 Å². The average molecular weight is 410 g/mol. The van der Waals surface area contributed by atoms with Crippen LogP contribution < -0.4 is 14.8 Å². The lowest BCUT2D eigenvalue weighted by Gasteiger charge is -2.07. The van der Waals surface area contributed by atoms with Crippen molar-refractivity contribution in [3.8, 4) is 17.0 Å². The predicted octanol–water partition coefficient (Wildman–Crippen LogP) is 4.59. The Morgan fingerprint density at radius 2 is 1.88 bits per heavy atom. The molecule has 0 aliphatic heterocycles. The normalized spacial score (nSPS) is 11.2. The number of halogens is 1. The summed E-state index contributed by atoms with van der Waals surface area (Å²) in [6.45, 7) is 0. The Morgan fingerprint density at radius 1 is 1.15 bits per heavy atom. The van der Waals surface area contributed by atoms with Crippen LogP contribution in [0, 0.1) is 0 Å². The Bertz CT molecular complexity index is 1020. The van der Waals surface area contributed by atoms with Gasteiger partial charge in [0.25, 0.3) is 0 Å². The molecule has 0 fully saturated rings. The van der Waals surface area contributed by atoms with Crippen molar-refractivity contribution in [2.24, 2.45) is 0 Å². The highest BCUT2D eigenvalue weighted by Crippen LogP contribution is 2.32. The first kappa shape index (κ1) is 18.5. The van der Waals surface area contributed by atoms with Crippen LogP contribution in [-0.2, 0) is 10.0 Å². The number of aromatic nitrogens is 1. The van der Waals surface area contributed by atoms with Gasteiger partial charge in [-0.05, 0) is 24.3 Å². The summed E-state index contributed by atoms with van der Waals surface area (Å²) in [5.41, 5.74) is 2.91. The van der Waals surface area contributed by atoms with E-state index in [1.165, 1.54) is 11.3 Å². The van der Waals surface area contributed by atoms with Crippen molar-refractivity contribution in [3.05, 3.63) is 52.9 Å². The smallest absolute Gasteiger partial charge is 0.229 e. The number of nitrogens with zero attached hydrogens (tertiary/aromatic N) is 1. The van der Waals surface area contributed by atoms with Crippen molar-refractivity contribution in [2.45, 2.75) is 0 Å². The molecule has 26 heavy (non-hydrogen) atoms. The molecule has 0 amide bonds.